The van der Waals surface area contributed by atoms with Gasteiger partial charge in [0.25, 0.3) is 0 Å². The van der Waals surface area contributed by atoms with Crippen molar-refractivity contribution in [1.82, 2.24) is 5.48 Å². The number of hydrogen-bond donors (Lipinski definition) is 3. The molecule has 0 aromatic rings. The smallest absolute Gasteiger partial charge is 0.240 e. The van der Waals surface area contributed by atoms with Crippen LogP contribution in [0.1, 0.15) is 20.3 Å². The van der Waals surface area contributed by atoms with Crippen molar-refractivity contribution in [3.63, 3.8) is 0 Å². The van der Waals surface area contributed by atoms with Crippen molar-refractivity contribution < 1.29 is 24.6 Å². The maximum absolute atomic E-state index is 10.4. The van der Waals surface area contributed by atoms with Crippen molar-refractivity contribution in [3.8, 4) is 0 Å². The van der Waals surface area contributed by atoms with E-state index in [0.29, 0.717) is 6.29 Å². The number of hydroxylamine groups is 1. The van der Waals surface area contributed by atoms with Gasteiger partial charge in [-0.15, -0.1) is 0 Å². The number of amides is 1. The van der Waals surface area contributed by atoms with E-state index in [0.717, 1.165) is 0 Å². The number of aliphatic hydroxyl groups is 2. The second-order valence-corrected chi connectivity index (χ2v) is 3.03. The fourth-order valence-corrected chi connectivity index (χ4v) is 0.832. The number of hydrogen-bond acceptors (Lipinski definition) is 5. The van der Waals surface area contributed by atoms with Crippen LogP contribution >= 0.6 is 0 Å². The van der Waals surface area contributed by atoms with E-state index < -0.39 is 24.2 Å². The number of rotatable bonds is 6. The molecule has 14 heavy (non-hydrogen) atoms. The molecule has 3 atom stereocenters. The summed E-state index contributed by atoms with van der Waals surface area (Å²) in [6, 6.07) is 0. The first-order valence-electron chi connectivity index (χ1n) is 4.21. The first-order chi connectivity index (χ1) is 6.47. The molecule has 0 spiro atoms. The molecule has 0 unspecified atom stereocenters. The summed E-state index contributed by atoms with van der Waals surface area (Å²) in [7, 11) is 0. The Morgan fingerprint density at radius 2 is 2.14 bits per heavy atom. The normalized spacial score (nSPS) is 16.9. The van der Waals surface area contributed by atoms with E-state index >= 15 is 0 Å². The molecule has 6 nitrogen and oxygen atoms in total. The first kappa shape index (κ1) is 13.0. The second-order valence-electron chi connectivity index (χ2n) is 3.03. The van der Waals surface area contributed by atoms with Gasteiger partial charge in [-0.2, -0.15) is 0 Å². The predicted molar refractivity (Wildman–Crippen MR) is 47.1 cm³/mol. The maximum atomic E-state index is 10.4. The fourth-order valence-electron chi connectivity index (χ4n) is 0.832. The molecule has 3 N–H and O–H groups in total. The molecule has 0 aliphatic carbocycles. The van der Waals surface area contributed by atoms with Gasteiger partial charge in [-0.1, -0.05) is 0 Å². The van der Waals surface area contributed by atoms with E-state index in [-0.39, 0.29) is 6.42 Å². The molecular formula is C8H15NO5. The summed E-state index contributed by atoms with van der Waals surface area (Å²) < 4.78 is 0. The van der Waals surface area contributed by atoms with E-state index in [1.807, 2.05) is 5.48 Å². The molecule has 6 heteroatoms. The van der Waals surface area contributed by atoms with Gasteiger partial charge in [-0.05, 0) is 6.92 Å². The van der Waals surface area contributed by atoms with Gasteiger partial charge in [0.15, 0.2) is 12.4 Å². The summed E-state index contributed by atoms with van der Waals surface area (Å²) in [4.78, 5) is 25.4. The minimum absolute atomic E-state index is 0.00297. The van der Waals surface area contributed by atoms with Crippen molar-refractivity contribution in [2.75, 3.05) is 0 Å². The Bertz CT molecular complexity index is 194. The summed E-state index contributed by atoms with van der Waals surface area (Å²) in [5.74, 6) is -0.471. The summed E-state index contributed by atoms with van der Waals surface area (Å²) in [6.45, 7) is 2.69. The van der Waals surface area contributed by atoms with Crippen molar-refractivity contribution in [3.05, 3.63) is 0 Å². The number of carbonyl (C=O) groups excluding carboxylic acids is 2. The summed E-state index contributed by atoms with van der Waals surface area (Å²) in [5.41, 5.74) is 1.94. The van der Waals surface area contributed by atoms with Crippen LogP contribution < -0.4 is 5.48 Å². The standard InChI is InChI=1S/C8H15NO5/c1-5(11)3-7(13)8(4-10)14-9-6(2)12/h4-5,7-8,11,13H,3H2,1-2H3,(H,9,12)/t5-,7-,8-/m0/s1. The lowest BCUT2D eigenvalue weighted by atomic mass is 10.1. The molecule has 0 saturated heterocycles. The minimum Gasteiger partial charge on any atom is -0.393 e. The Morgan fingerprint density at radius 1 is 1.57 bits per heavy atom. The Balaban J connectivity index is 3.98. The van der Waals surface area contributed by atoms with Gasteiger partial charge in [-0.25, -0.2) is 5.48 Å². The van der Waals surface area contributed by atoms with Crippen LogP contribution in [0.3, 0.4) is 0 Å². The largest absolute Gasteiger partial charge is 0.393 e. The monoisotopic (exact) mass is 205 g/mol. The minimum atomic E-state index is -1.16. The molecule has 0 aliphatic rings. The Hall–Kier alpha value is -0.980. The lowest BCUT2D eigenvalue weighted by Crippen LogP contribution is -2.38. The third-order valence-corrected chi connectivity index (χ3v) is 1.43. The molecule has 0 saturated carbocycles. The van der Waals surface area contributed by atoms with Gasteiger partial charge in [0, 0.05) is 13.3 Å². The summed E-state index contributed by atoms with van der Waals surface area (Å²) in [6.07, 6.45) is -2.67. The molecular weight excluding hydrogens is 190 g/mol. The van der Waals surface area contributed by atoms with E-state index in [9.17, 15) is 14.7 Å². The van der Waals surface area contributed by atoms with E-state index in [2.05, 4.69) is 4.84 Å². The molecule has 0 aromatic carbocycles. The van der Waals surface area contributed by atoms with Crippen LogP contribution in [-0.4, -0.2) is 40.7 Å². The van der Waals surface area contributed by atoms with Gasteiger partial charge in [0.1, 0.15) is 0 Å². The van der Waals surface area contributed by atoms with Crippen LogP contribution in [0.2, 0.25) is 0 Å². The summed E-state index contributed by atoms with van der Waals surface area (Å²) in [5, 5.41) is 18.3. The van der Waals surface area contributed by atoms with Gasteiger partial charge in [0.05, 0.1) is 12.2 Å². The highest BCUT2D eigenvalue weighted by atomic mass is 16.7. The molecule has 0 bridgehead atoms. The predicted octanol–water partition coefficient (Wildman–Crippen LogP) is -1.25. The molecule has 0 aliphatic heterocycles. The second kappa shape index (κ2) is 6.47. The Kier molecular flexibility index (Phi) is 6.02. The molecule has 0 aromatic heterocycles. The Labute approximate surface area is 81.8 Å². The summed E-state index contributed by atoms with van der Waals surface area (Å²) >= 11 is 0. The third-order valence-electron chi connectivity index (χ3n) is 1.43. The highest BCUT2D eigenvalue weighted by molar-refractivity contribution is 5.71. The van der Waals surface area contributed by atoms with Gasteiger partial charge in [0.2, 0.25) is 5.91 Å². The number of aldehydes is 1. The molecule has 0 heterocycles. The van der Waals surface area contributed by atoms with E-state index in [1.54, 1.807) is 0 Å². The van der Waals surface area contributed by atoms with E-state index in [1.165, 1.54) is 13.8 Å². The zero-order valence-corrected chi connectivity index (χ0v) is 8.14. The zero-order valence-electron chi connectivity index (χ0n) is 8.14. The molecule has 82 valence electrons. The SMILES string of the molecule is CC(=O)NO[C@@H](C=O)[C@@H](O)C[C@H](C)O. The quantitative estimate of drug-likeness (QED) is 0.372. The van der Waals surface area contributed by atoms with Crippen LogP contribution in [0.4, 0.5) is 0 Å². The topological polar surface area (TPSA) is 95.9 Å². The number of carbonyl (C=O) groups is 2. The molecule has 0 radical (unpaired) electrons. The average Bonchev–Trinajstić information content (AvgIpc) is 2.03. The van der Waals surface area contributed by atoms with Gasteiger partial charge < -0.3 is 15.0 Å². The van der Waals surface area contributed by atoms with Crippen molar-refractivity contribution in [2.24, 2.45) is 0 Å². The van der Waals surface area contributed by atoms with Crippen molar-refractivity contribution >= 4 is 12.2 Å². The van der Waals surface area contributed by atoms with Gasteiger partial charge >= 0.3 is 0 Å². The highest BCUT2D eigenvalue weighted by Crippen LogP contribution is 2.03. The third kappa shape index (κ3) is 5.63. The van der Waals surface area contributed by atoms with Crippen LogP contribution in [0.5, 0.6) is 0 Å². The van der Waals surface area contributed by atoms with Crippen molar-refractivity contribution in [1.29, 1.82) is 0 Å². The Morgan fingerprint density at radius 3 is 2.50 bits per heavy atom. The zero-order chi connectivity index (χ0) is 11.1. The van der Waals surface area contributed by atoms with Crippen LogP contribution in [0.15, 0.2) is 0 Å². The first-order valence-corrected chi connectivity index (χ1v) is 4.21. The average molecular weight is 205 g/mol. The van der Waals surface area contributed by atoms with Crippen LogP contribution in [-0.2, 0) is 14.4 Å². The lowest BCUT2D eigenvalue weighted by molar-refractivity contribution is -0.150. The molecule has 0 fully saturated rings. The molecule has 0 rings (SSSR count). The number of nitrogens with one attached hydrogen (secondary N) is 1. The highest BCUT2D eigenvalue weighted by Gasteiger charge is 2.21. The van der Waals surface area contributed by atoms with Crippen LogP contribution in [0.25, 0.3) is 0 Å². The van der Waals surface area contributed by atoms with Crippen molar-refractivity contribution in [2.45, 2.75) is 38.6 Å². The fraction of sp³-hybridized carbons (Fsp3) is 0.750. The van der Waals surface area contributed by atoms with Crippen LogP contribution in [0, 0.1) is 0 Å². The van der Waals surface area contributed by atoms with E-state index in [4.69, 9.17) is 5.11 Å². The number of aliphatic hydroxyl groups excluding tert-OH is 2. The lowest BCUT2D eigenvalue weighted by Gasteiger charge is -2.18. The molecule has 1 amide bonds. The van der Waals surface area contributed by atoms with Gasteiger partial charge in [-0.3, -0.25) is 9.63 Å². The maximum Gasteiger partial charge on any atom is 0.240 e.